The molecule has 0 saturated carbocycles. The molecule has 1 heterocycles. The van der Waals surface area contributed by atoms with Gasteiger partial charge in [-0.2, -0.15) is 0 Å². The Morgan fingerprint density at radius 2 is 1.57 bits per heavy atom. The van der Waals surface area contributed by atoms with Crippen LogP contribution in [-0.4, -0.2) is 37.7 Å². The van der Waals surface area contributed by atoms with E-state index in [9.17, 15) is 9.59 Å². The van der Waals surface area contributed by atoms with Crippen LogP contribution in [0.3, 0.4) is 0 Å². The van der Waals surface area contributed by atoms with Crippen molar-refractivity contribution in [2.24, 2.45) is 0 Å². The summed E-state index contributed by atoms with van der Waals surface area (Å²) in [5.41, 5.74) is 1.60. The fraction of sp³-hybridized carbons (Fsp3) is 0.150. The summed E-state index contributed by atoms with van der Waals surface area (Å²) in [4.78, 5) is 28.4. The molecule has 0 bridgehead atoms. The summed E-state index contributed by atoms with van der Waals surface area (Å²) in [6, 6.07) is 14.2. The molecule has 0 aliphatic carbocycles. The molecule has 3 rings (SSSR count). The maximum absolute atomic E-state index is 12.1. The van der Waals surface area contributed by atoms with Crippen LogP contribution in [0.2, 0.25) is 0 Å². The maximum Gasteiger partial charge on any atom is 0.358 e. The SMILES string of the molecule is COc1ccc(NC(=O)COC(=O)c2csc(-c3ccc(OC)cc3)n2)cc1. The Kier molecular flexibility index (Phi) is 6.23. The molecule has 0 radical (unpaired) electrons. The van der Waals surface area contributed by atoms with Crippen molar-refractivity contribution in [3.8, 4) is 22.1 Å². The molecule has 0 unspecified atom stereocenters. The minimum Gasteiger partial charge on any atom is -0.497 e. The van der Waals surface area contributed by atoms with Crippen molar-refractivity contribution >= 4 is 28.9 Å². The van der Waals surface area contributed by atoms with E-state index in [1.54, 1.807) is 43.9 Å². The molecule has 7 nitrogen and oxygen atoms in total. The van der Waals surface area contributed by atoms with E-state index in [0.29, 0.717) is 16.4 Å². The van der Waals surface area contributed by atoms with E-state index in [1.165, 1.54) is 11.3 Å². The average Bonchev–Trinajstić information content (AvgIpc) is 3.23. The summed E-state index contributed by atoms with van der Waals surface area (Å²) in [5, 5.41) is 4.92. The predicted molar refractivity (Wildman–Crippen MR) is 106 cm³/mol. The second-order valence-electron chi connectivity index (χ2n) is 5.62. The number of benzene rings is 2. The summed E-state index contributed by atoms with van der Waals surface area (Å²) in [6.07, 6.45) is 0. The Morgan fingerprint density at radius 3 is 2.18 bits per heavy atom. The van der Waals surface area contributed by atoms with E-state index in [2.05, 4.69) is 10.3 Å². The van der Waals surface area contributed by atoms with Crippen molar-refractivity contribution < 1.29 is 23.8 Å². The molecule has 1 aromatic heterocycles. The van der Waals surface area contributed by atoms with Gasteiger partial charge in [0.1, 0.15) is 16.5 Å². The summed E-state index contributed by atoms with van der Waals surface area (Å²) in [5.74, 6) is 0.327. The molecule has 0 aliphatic heterocycles. The highest BCUT2D eigenvalue weighted by molar-refractivity contribution is 7.13. The Hall–Kier alpha value is -3.39. The number of hydrogen-bond acceptors (Lipinski definition) is 7. The largest absolute Gasteiger partial charge is 0.497 e. The third kappa shape index (κ3) is 4.86. The number of amides is 1. The van der Waals surface area contributed by atoms with Crippen molar-refractivity contribution in [2.75, 3.05) is 26.1 Å². The summed E-state index contributed by atoms with van der Waals surface area (Å²) < 4.78 is 15.2. The maximum atomic E-state index is 12.1. The molecule has 28 heavy (non-hydrogen) atoms. The molecule has 0 fully saturated rings. The molecular formula is C20H18N2O5S. The smallest absolute Gasteiger partial charge is 0.358 e. The third-order valence-corrected chi connectivity index (χ3v) is 4.65. The van der Waals surface area contributed by atoms with Crippen molar-refractivity contribution in [1.82, 2.24) is 4.98 Å². The summed E-state index contributed by atoms with van der Waals surface area (Å²) in [7, 11) is 3.16. The molecule has 8 heteroatoms. The van der Waals surface area contributed by atoms with Crippen LogP contribution in [0.15, 0.2) is 53.9 Å². The van der Waals surface area contributed by atoms with Gasteiger partial charge in [-0.05, 0) is 48.5 Å². The van der Waals surface area contributed by atoms with Gasteiger partial charge in [-0.3, -0.25) is 4.79 Å². The molecule has 2 aromatic carbocycles. The summed E-state index contributed by atoms with van der Waals surface area (Å²) in [6.45, 7) is -0.403. The minimum atomic E-state index is -0.652. The molecule has 0 atom stereocenters. The highest BCUT2D eigenvalue weighted by Crippen LogP contribution is 2.26. The first-order valence-corrected chi connectivity index (χ1v) is 9.18. The van der Waals surface area contributed by atoms with Crippen LogP contribution in [0.5, 0.6) is 11.5 Å². The van der Waals surface area contributed by atoms with Gasteiger partial charge in [-0.1, -0.05) is 0 Å². The number of rotatable bonds is 7. The third-order valence-electron chi connectivity index (χ3n) is 3.76. The zero-order valence-electron chi connectivity index (χ0n) is 15.3. The number of thiazole rings is 1. The topological polar surface area (TPSA) is 86.8 Å². The van der Waals surface area contributed by atoms with Gasteiger partial charge in [0.05, 0.1) is 14.2 Å². The Balaban J connectivity index is 1.54. The number of ether oxygens (including phenoxy) is 3. The summed E-state index contributed by atoms with van der Waals surface area (Å²) >= 11 is 1.32. The number of esters is 1. The zero-order chi connectivity index (χ0) is 19.9. The number of aromatic nitrogens is 1. The molecule has 0 saturated heterocycles. The Morgan fingerprint density at radius 1 is 0.964 bits per heavy atom. The first kappa shape index (κ1) is 19.4. The predicted octanol–water partition coefficient (Wildman–Crippen LogP) is 3.62. The lowest BCUT2D eigenvalue weighted by Gasteiger charge is -2.06. The highest BCUT2D eigenvalue weighted by atomic mass is 32.1. The number of nitrogens with one attached hydrogen (secondary N) is 1. The fourth-order valence-electron chi connectivity index (χ4n) is 2.31. The first-order valence-electron chi connectivity index (χ1n) is 8.30. The molecule has 144 valence electrons. The number of hydrogen-bond donors (Lipinski definition) is 1. The van der Waals surface area contributed by atoms with E-state index in [4.69, 9.17) is 14.2 Å². The number of methoxy groups -OCH3 is 2. The van der Waals surface area contributed by atoms with Crippen LogP contribution in [0, 0.1) is 0 Å². The van der Waals surface area contributed by atoms with Gasteiger partial charge in [0.2, 0.25) is 0 Å². The number of carbonyl (C=O) groups is 2. The lowest BCUT2D eigenvalue weighted by atomic mass is 10.2. The van der Waals surface area contributed by atoms with Gasteiger partial charge < -0.3 is 19.5 Å². The fourth-order valence-corrected chi connectivity index (χ4v) is 3.11. The van der Waals surface area contributed by atoms with Crippen LogP contribution in [0.25, 0.3) is 10.6 Å². The Labute approximate surface area is 165 Å². The van der Waals surface area contributed by atoms with Crippen LogP contribution in [-0.2, 0) is 9.53 Å². The Bertz CT molecular complexity index is 951. The van der Waals surface area contributed by atoms with Crippen LogP contribution < -0.4 is 14.8 Å². The lowest BCUT2D eigenvalue weighted by molar-refractivity contribution is -0.119. The van der Waals surface area contributed by atoms with Gasteiger partial charge >= 0.3 is 5.97 Å². The minimum absolute atomic E-state index is 0.160. The average molecular weight is 398 g/mol. The molecule has 3 aromatic rings. The van der Waals surface area contributed by atoms with Crippen LogP contribution in [0.4, 0.5) is 5.69 Å². The van der Waals surface area contributed by atoms with E-state index >= 15 is 0 Å². The van der Waals surface area contributed by atoms with Crippen molar-refractivity contribution in [2.45, 2.75) is 0 Å². The molecule has 0 aliphatic rings. The van der Waals surface area contributed by atoms with Crippen molar-refractivity contribution in [3.63, 3.8) is 0 Å². The number of anilines is 1. The van der Waals surface area contributed by atoms with Crippen LogP contribution >= 0.6 is 11.3 Å². The first-order chi connectivity index (χ1) is 13.6. The van der Waals surface area contributed by atoms with Gasteiger partial charge in [-0.15, -0.1) is 11.3 Å². The lowest BCUT2D eigenvalue weighted by Crippen LogP contribution is -2.21. The molecular weight excluding hydrogens is 380 g/mol. The highest BCUT2D eigenvalue weighted by Gasteiger charge is 2.15. The second-order valence-corrected chi connectivity index (χ2v) is 6.48. The van der Waals surface area contributed by atoms with Crippen molar-refractivity contribution in [1.29, 1.82) is 0 Å². The molecule has 1 amide bonds. The second kappa shape index (κ2) is 9.01. The van der Waals surface area contributed by atoms with Gasteiger partial charge in [0.25, 0.3) is 5.91 Å². The monoisotopic (exact) mass is 398 g/mol. The zero-order valence-corrected chi connectivity index (χ0v) is 16.1. The van der Waals surface area contributed by atoms with Crippen molar-refractivity contribution in [3.05, 3.63) is 59.6 Å². The number of nitrogens with zero attached hydrogens (tertiary/aromatic N) is 1. The van der Waals surface area contributed by atoms with E-state index < -0.39 is 18.5 Å². The van der Waals surface area contributed by atoms with Crippen LogP contribution in [0.1, 0.15) is 10.5 Å². The van der Waals surface area contributed by atoms with E-state index in [0.717, 1.165) is 11.3 Å². The standard InChI is InChI=1S/C20H18N2O5S/c1-25-15-7-3-13(4-8-15)19-22-17(12-28-19)20(24)27-11-18(23)21-14-5-9-16(26-2)10-6-14/h3-10,12H,11H2,1-2H3,(H,21,23). The molecule has 1 N–H and O–H groups in total. The van der Waals surface area contributed by atoms with Gasteiger partial charge in [0, 0.05) is 16.6 Å². The number of carbonyl (C=O) groups excluding carboxylic acids is 2. The van der Waals surface area contributed by atoms with E-state index in [1.807, 2.05) is 24.3 Å². The molecule has 0 spiro atoms. The normalized spacial score (nSPS) is 10.2. The quantitative estimate of drug-likeness (QED) is 0.612. The van der Waals surface area contributed by atoms with Gasteiger partial charge in [0.15, 0.2) is 12.3 Å². The van der Waals surface area contributed by atoms with Gasteiger partial charge in [-0.25, -0.2) is 9.78 Å². The van der Waals surface area contributed by atoms with E-state index in [-0.39, 0.29) is 5.69 Å².